The molecule has 1 fully saturated rings. The average molecular weight is 509 g/mol. The number of hydrogen-bond donors (Lipinski definition) is 2. The van der Waals surface area contributed by atoms with Gasteiger partial charge in [0.25, 0.3) is 0 Å². The Morgan fingerprint density at radius 2 is 2.04 bits per heavy atom. The lowest BCUT2D eigenvalue weighted by molar-refractivity contribution is 0.587. The summed E-state index contributed by atoms with van der Waals surface area (Å²) < 4.78 is 1.13. The average Bonchev–Trinajstić information content (AvgIpc) is 3.02. The molecule has 0 saturated carbocycles. The van der Waals surface area contributed by atoms with Crippen molar-refractivity contribution in [3.8, 4) is 0 Å². The fraction of sp³-hybridized carbons (Fsp3) is 0.611. The van der Waals surface area contributed by atoms with Crippen molar-refractivity contribution < 1.29 is 0 Å². The normalized spacial score (nSPS) is 18.9. The first-order valence-electron chi connectivity index (χ1n) is 8.67. The van der Waals surface area contributed by atoms with Crippen LogP contribution in [-0.2, 0) is 0 Å². The van der Waals surface area contributed by atoms with Gasteiger partial charge in [-0.15, -0.1) is 24.0 Å². The summed E-state index contributed by atoms with van der Waals surface area (Å²) in [5.41, 5.74) is 1.31. The first-order chi connectivity index (χ1) is 11.1. The highest BCUT2D eigenvalue weighted by Crippen LogP contribution is 2.25. The monoisotopic (exact) mass is 508 g/mol. The third kappa shape index (κ3) is 6.78. The molecule has 1 aromatic rings. The summed E-state index contributed by atoms with van der Waals surface area (Å²) in [6.45, 7) is 10.5. The number of hydrogen-bond acceptors (Lipinski definition) is 2. The van der Waals surface area contributed by atoms with E-state index in [0.717, 1.165) is 43.0 Å². The predicted octanol–water partition coefficient (Wildman–Crippen LogP) is 4.25. The highest BCUT2D eigenvalue weighted by atomic mass is 127. The second-order valence-corrected chi connectivity index (χ2v) is 7.17. The van der Waals surface area contributed by atoms with Crippen LogP contribution in [0.25, 0.3) is 0 Å². The number of rotatable bonds is 6. The van der Waals surface area contributed by atoms with E-state index >= 15 is 0 Å². The Morgan fingerprint density at radius 3 is 2.67 bits per heavy atom. The molecule has 2 unspecified atom stereocenters. The molecule has 2 N–H and O–H groups in total. The van der Waals surface area contributed by atoms with Crippen molar-refractivity contribution in [3.63, 3.8) is 0 Å². The summed E-state index contributed by atoms with van der Waals surface area (Å²) in [6.07, 6.45) is 2.31. The molecule has 1 aliphatic rings. The number of nitrogens with zero attached hydrogens (tertiary/aromatic N) is 2. The number of anilines is 1. The topological polar surface area (TPSA) is 39.7 Å². The molecule has 0 bridgehead atoms. The fourth-order valence-electron chi connectivity index (χ4n) is 2.74. The summed E-state index contributed by atoms with van der Waals surface area (Å²) in [5.74, 6) is 1.58. The lowest BCUT2D eigenvalue weighted by Gasteiger charge is -2.19. The molecule has 2 atom stereocenters. The Labute approximate surface area is 172 Å². The number of halogens is 2. The summed E-state index contributed by atoms with van der Waals surface area (Å²) in [5, 5.41) is 6.80. The zero-order valence-corrected chi connectivity index (χ0v) is 18.8. The smallest absolute Gasteiger partial charge is 0.191 e. The Balaban J connectivity index is 0.00000288. The molecular weight excluding hydrogens is 479 g/mol. The van der Waals surface area contributed by atoms with E-state index in [9.17, 15) is 0 Å². The fourth-order valence-corrected chi connectivity index (χ4v) is 3.01. The minimum Gasteiger partial charge on any atom is -0.371 e. The molecule has 1 aromatic carbocycles. The lowest BCUT2D eigenvalue weighted by atomic mass is 10.1. The first kappa shape index (κ1) is 21.5. The van der Waals surface area contributed by atoms with E-state index in [4.69, 9.17) is 4.99 Å². The van der Waals surface area contributed by atoms with Gasteiger partial charge in [-0.1, -0.05) is 22.9 Å². The van der Waals surface area contributed by atoms with Crippen molar-refractivity contribution in [1.29, 1.82) is 0 Å². The van der Waals surface area contributed by atoms with Gasteiger partial charge in [0.1, 0.15) is 0 Å². The quantitative estimate of drug-likeness (QED) is 0.343. The maximum atomic E-state index is 4.79. The molecule has 136 valence electrons. The van der Waals surface area contributed by atoms with Crippen LogP contribution in [-0.4, -0.2) is 38.2 Å². The highest BCUT2D eigenvalue weighted by Gasteiger charge is 2.22. The van der Waals surface area contributed by atoms with E-state index in [-0.39, 0.29) is 24.0 Å². The Hall–Kier alpha value is -0.500. The SMILES string of the molecule is CCNC(=NCC1CCN(c2ccc(Br)cc2)C1)NC(C)CC.I. The van der Waals surface area contributed by atoms with Crippen molar-refractivity contribution in [2.24, 2.45) is 10.9 Å². The second-order valence-electron chi connectivity index (χ2n) is 6.25. The van der Waals surface area contributed by atoms with Crippen LogP contribution in [0.5, 0.6) is 0 Å². The highest BCUT2D eigenvalue weighted by molar-refractivity contribution is 14.0. The van der Waals surface area contributed by atoms with Gasteiger partial charge in [-0.25, -0.2) is 0 Å². The van der Waals surface area contributed by atoms with Gasteiger partial charge in [0.05, 0.1) is 0 Å². The van der Waals surface area contributed by atoms with Gasteiger partial charge >= 0.3 is 0 Å². The number of nitrogens with one attached hydrogen (secondary N) is 2. The molecule has 24 heavy (non-hydrogen) atoms. The van der Waals surface area contributed by atoms with Gasteiger partial charge < -0.3 is 15.5 Å². The van der Waals surface area contributed by atoms with Gasteiger partial charge in [0, 0.05) is 42.4 Å². The van der Waals surface area contributed by atoms with E-state index in [0.29, 0.717) is 12.0 Å². The molecule has 0 amide bonds. The maximum absolute atomic E-state index is 4.79. The van der Waals surface area contributed by atoms with E-state index in [1.165, 1.54) is 12.1 Å². The lowest BCUT2D eigenvalue weighted by Crippen LogP contribution is -2.42. The van der Waals surface area contributed by atoms with Crippen molar-refractivity contribution in [1.82, 2.24) is 10.6 Å². The van der Waals surface area contributed by atoms with Crippen molar-refractivity contribution >= 4 is 51.6 Å². The molecule has 4 nitrogen and oxygen atoms in total. The zero-order valence-electron chi connectivity index (χ0n) is 14.9. The molecule has 1 heterocycles. The zero-order chi connectivity index (χ0) is 16.7. The third-order valence-electron chi connectivity index (χ3n) is 4.32. The van der Waals surface area contributed by atoms with Gasteiger partial charge in [-0.3, -0.25) is 4.99 Å². The van der Waals surface area contributed by atoms with E-state index in [1.807, 2.05) is 0 Å². The van der Waals surface area contributed by atoms with Crippen LogP contribution < -0.4 is 15.5 Å². The van der Waals surface area contributed by atoms with Crippen LogP contribution in [0.15, 0.2) is 33.7 Å². The minimum absolute atomic E-state index is 0. The van der Waals surface area contributed by atoms with Crippen LogP contribution in [0.4, 0.5) is 5.69 Å². The van der Waals surface area contributed by atoms with E-state index in [2.05, 4.69) is 76.5 Å². The molecule has 0 aliphatic carbocycles. The largest absolute Gasteiger partial charge is 0.371 e. The molecule has 1 saturated heterocycles. The van der Waals surface area contributed by atoms with Gasteiger partial charge in [0.2, 0.25) is 0 Å². The van der Waals surface area contributed by atoms with Crippen LogP contribution in [0.3, 0.4) is 0 Å². The number of guanidine groups is 1. The first-order valence-corrected chi connectivity index (χ1v) is 9.47. The summed E-state index contributed by atoms with van der Waals surface area (Å²) in [7, 11) is 0. The maximum Gasteiger partial charge on any atom is 0.191 e. The summed E-state index contributed by atoms with van der Waals surface area (Å²) in [4.78, 5) is 7.25. The number of aliphatic imine (C=N–C) groups is 1. The summed E-state index contributed by atoms with van der Waals surface area (Å²) in [6, 6.07) is 9.05. The van der Waals surface area contributed by atoms with E-state index in [1.54, 1.807) is 0 Å². The van der Waals surface area contributed by atoms with Crippen molar-refractivity contribution in [2.45, 2.75) is 39.7 Å². The summed E-state index contributed by atoms with van der Waals surface area (Å²) >= 11 is 3.50. The Bertz CT molecular complexity index is 506. The molecule has 0 spiro atoms. The van der Waals surface area contributed by atoms with Crippen LogP contribution in [0.2, 0.25) is 0 Å². The van der Waals surface area contributed by atoms with Gasteiger partial charge in [0.15, 0.2) is 5.96 Å². The Kier molecular flexibility index (Phi) is 10.0. The Morgan fingerprint density at radius 1 is 1.33 bits per heavy atom. The minimum atomic E-state index is 0. The molecule has 6 heteroatoms. The van der Waals surface area contributed by atoms with Gasteiger partial charge in [-0.05, 0) is 56.9 Å². The second kappa shape index (κ2) is 11.2. The molecule has 0 aromatic heterocycles. The molecule has 1 aliphatic heterocycles. The van der Waals surface area contributed by atoms with Crippen molar-refractivity contribution in [3.05, 3.63) is 28.7 Å². The van der Waals surface area contributed by atoms with E-state index < -0.39 is 0 Å². The van der Waals surface area contributed by atoms with Crippen LogP contribution in [0.1, 0.15) is 33.6 Å². The predicted molar refractivity (Wildman–Crippen MR) is 119 cm³/mol. The van der Waals surface area contributed by atoms with Crippen molar-refractivity contribution in [2.75, 3.05) is 31.1 Å². The standard InChI is InChI=1S/C18H29BrN4.HI/c1-4-14(3)22-18(20-5-2)21-12-15-10-11-23(13-15)17-8-6-16(19)7-9-17;/h6-9,14-15H,4-5,10-13H2,1-3H3,(H2,20,21,22);1H. The molecule has 2 rings (SSSR count). The third-order valence-corrected chi connectivity index (χ3v) is 4.85. The molecule has 0 radical (unpaired) electrons. The van der Waals surface area contributed by atoms with Crippen LogP contribution in [0, 0.1) is 5.92 Å². The number of benzene rings is 1. The molecular formula is C18H30BrIN4. The van der Waals surface area contributed by atoms with Crippen LogP contribution >= 0.6 is 39.9 Å². The van der Waals surface area contributed by atoms with Gasteiger partial charge in [-0.2, -0.15) is 0 Å².